The van der Waals surface area contributed by atoms with Gasteiger partial charge in [0.2, 0.25) is 0 Å². The molecule has 2 bridgehead atoms. The Morgan fingerprint density at radius 3 is 2.65 bits per heavy atom. The van der Waals surface area contributed by atoms with Gasteiger partial charge in [0.15, 0.2) is 0 Å². The maximum Gasteiger partial charge on any atom is 0.418 e. The monoisotopic (exact) mass is 405 g/mol. The van der Waals surface area contributed by atoms with E-state index in [1.54, 1.807) is 32.2 Å². The van der Waals surface area contributed by atoms with Crippen molar-refractivity contribution in [3.8, 4) is 0 Å². The lowest BCUT2D eigenvalue weighted by molar-refractivity contribution is -0.0316. The second kappa shape index (κ2) is 6.08. The van der Waals surface area contributed by atoms with Gasteiger partial charge in [0.25, 0.3) is 0 Å². The summed E-state index contributed by atoms with van der Waals surface area (Å²) in [7, 11) is -4.86. The van der Waals surface area contributed by atoms with E-state index in [1.165, 1.54) is 21.1 Å². The molecule has 1 aromatic heterocycles. The summed E-state index contributed by atoms with van der Waals surface area (Å²) < 4.78 is 35.6. The average Bonchev–Trinajstić information content (AvgIpc) is 3.04. The highest BCUT2D eigenvalue weighted by Crippen LogP contribution is 2.47. The highest BCUT2D eigenvalue weighted by Gasteiger charge is 2.51. The Morgan fingerprint density at radius 2 is 2.12 bits per heavy atom. The van der Waals surface area contributed by atoms with E-state index in [9.17, 15) is 23.1 Å². The molecule has 26 heavy (non-hydrogen) atoms. The van der Waals surface area contributed by atoms with E-state index in [-0.39, 0.29) is 13.1 Å². The van der Waals surface area contributed by atoms with Gasteiger partial charge >= 0.3 is 22.5 Å². The first kappa shape index (κ1) is 18.9. The van der Waals surface area contributed by atoms with Crippen LogP contribution >= 0.6 is 11.3 Å². The molecule has 0 radical (unpaired) electrons. The molecular formula is C14H19N3O7S2. The minimum Gasteiger partial charge on any atom is -0.465 e. The molecule has 1 saturated heterocycles. The van der Waals surface area contributed by atoms with E-state index in [2.05, 4.69) is 4.28 Å². The zero-order valence-corrected chi connectivity index (χ0v) is 16.0. The summed E-state index contributed by atoms with van der Waals surface area (Å²) in [5.74, 6) is 0. The lowest BCUT2D eigenvalue weighted by atomic mass is 9.97. The molecule has 0 aliphatic carbocycles. The molecule has 0 aromatic carbocycles. The Hall–Kier alpha value is -1.89. The molecule has 12 heteroatoms. The van der Waals surface area contributed by atoms with Crippen LogP contribution in [0.25, 0.3) is 0 Å². The van der Waals surface area contributed by atoms with Gasteiger partial charge in [-0.2, -0.15) is 13.5 Å². The highest BCUT2D eigenvalue weighted by atomic mass is 32.3. The standard InChI is InChI=1S/C14H19N3O7S2/c1-14(2,3)16(13(19)20)7-10-11-8(4-5-25-11)9-6-15(10)12(18)17(9)24-26(21,22)23/h4-5,9-10H,6-7H2,1-3H3,(H,19,20)(H,21,22,23)/t9-,10?/m1/s1. The third kappa shape index (κ3) is 3.24. The number of urea groups is 1. The van der Waals surface area contributed by atoms with Gasteiger partial charge < -0.3 is 14.9 Å². The second-order valence-electron chi connectivity index (χ2n) is 7.10. The Kier molecular flexibility index (Phi) is 4.42. The first-order valence-corrected chi connectivity index (χ1v) is 9.99. The van der Waals surface area contributed by atoms with Crippen molar-refractivity contribution in [3.05, 3.63) is 21.9 Å². The summed E-state index contributed by atoms with van der Waals surface area (Å²) in [6.45, 7) is 5.43. The van der Waals surface area contributed by atoms with Gasteiger partial charge in [-0.05, 0) is 37.8 Å². The van der Waals surface area contributed by atoms with Gasteiger partial charge in [-0.15, -0.1) is 15.6 Å². The topological polar surface area (TPSA) is 128 Å². The third-order valence-corrected chi connectivity index (χ3v) is 5.81. The third-order valence-electron chi connectivity index (χ3n) is 4.42. The molecule has 10 nitrogen and oxygen atoms in total. The number of hydroxylamine groups is 2. The van der Waals surface area contributed by atoms with Crippen LogP contribution in [-0.2, 0) is 14.7 Å². The molecule has 3 rings (SSSR count). The number of carbonyl (C=O) groups excluding carboxylic acids is 1. The Labute approximate surface area is 154 Å². The van der Waals surface area contributed by atoms with Crippen LogP contribution in [-0.4, -0.2) is 63.7 Å². The van der Waals surface area contributed by atoms with Crippen LogP contribution < -0.4 is 0 Å². The van der Waals surface area contributed by atoms with Crippen LogP contribution in [0.2, 0.25) is 0 Å². The molecule has 1 fully saturated rings. The molecule has 0 spiro atoms. The first-order chi connectivity index (χ1) is 11.9. The van der Waals surface area contributed by atoms with Crippen LogP contribution in [0.3, 0.4) is 0 Å². The van der Waals surface area contributed by atoms with Crippen molar-refractivity contribution in [3.63, 3.8) is 0 Å². The zero-order chi connectivity index (χ0) is 19.4. The SMILES string of the molecule is CC(C)(C)N(CC1c2sccc2[C@H]2CN1C(=O)N2OS(=O)(=O)O)C(=O)O. The summed E-state index contributed by atoms with van der Waals surface area (Å²) in [5, 5.41) is 12.0. The van der Waals surface area contributed by atoms with Crippen molar-refractivity contribution < 1.29 is 31.9 Å². The molecule has 2 aliphatic rings. The average molecular weight is 405 g/mol. The summed E-state index contributed by atoms with van der Waals surface area (Å²) >= 11 is 1.36. The van der Waals surface area contributed by atoms with Crippen molar-refractivity contribution in [2.45, 2.75) is 38.4 Å². The van der Waals surface area contributed by atoms with Crippen LogP contribution in [0.1, 0.15) is 43.3 Å². The van der Waals surface area contributed by atoms with E-state index in [0.29, 0.717) is 10.6 Å². The second-order valence-corrected chi connectivity index (χ2v) is 9.05. The predicted octanol–water partition coefficient (Wildman–Crippen LogP) is 2.09. The molecule has 1 aromatic rings. The van der Waals surface area contributed by atoms with Crippen molar-refractivity contribution in [2.75, 3.05) is 13.1 Å². The van der Waals surface area contributed by atoms with Gasteiger partial charge in [-0.3, -0.25) is 4.55 Å². The molecule has 2 N–H and O–H groups in total. The molecule has 1 unspecified atom stereocenters. The predicted molar refractivity (Wildman–Crippen MR) is 90.9 cm³/mol. The summed E-state index contributed by atoms with van der Waals surface area (Å²) in [6, 6.07) is -0.245. The maximum absolute atomic E-state index is 12.6. The Bertz CT molecular complexity index is 845. The normalized spacial score (nSPS) is 22.5. The zero-order valence-electron chi connectivity index (χ0n) is 14.3. The van der Waals surface area contributed by atoms with Crippen molar-refractivity contribution in [2.24, 2.45) is 0 Å². The first-order valence-electron chi connectivity index (χ1n) is 7.75. The van der Waals surface area contributed by atoms with Crippen LogP contribution in [0.15, 0.2) is 11.4 Å². The lowest BCUT2D eigenvalue weighted by Gasteiger charge is -2.39. The van der Waals surface area contributed by atoms with Gasteiger partial charge in [0.1, 0.15) is 6.04 Å². The van der Waals surface area contributed by atoms with Crippen molar-refractivity contribution in [1.82, 2.24) is 14.9 Å². The Morgan fingerprint density at radius 1 is 1.46 bits per heavy atom. The number of amides is 3. The molecule has 3 heterocycles. The van der Waals surface area contributed by atoms with Gasteiger partial charge in [-0.1, -0.05) is 0 Å². The van der Waals surface area contributed by atoms with Crippen molar-refractivity contribution >= 4 is 33.9 Å². The van der Waals surface area contributed by atoms with E-state index < -0.39 is 40.1 Å². The van der Waals surface area contributed by atoms with Gasteiger partial charge in [0, 0.05) is 10.4 Å². The van der Waals surface area contributed by atoms with E-state index in [0.717, 1.165) is 4.88 Å². The van der Waals surface area contributed by atoms with E-state index in [1.807, 2.05) is 0 Å². The molecular weight excluding hydrogens is 386 g/mol. The number of thiophene rings is 1. The molecule has 144 valence electrons. The molecule has 2 atom stereocenters. The largest absolute Gasteiger partial charge is 0.465 e. The molecule has 2 aliphatic heterocycles. The molecule has 0 saturated carbocycles. The van der Waals surface area contributed by atoms with Crippen LogP contribution in [0.4, 0.5) is 9.59 Å². The fourth-order valence-corrected chi connectivity index (χ4v) is 4.71. The molecule has 3 amide bonds. The minimum atomic E-state index is -4.86. The number of fused-ring (bicyclic) bond motifs is 4. The minimum absolute atomic E-state index is 0.0323. The quantitative estimate of drug-likeness (QED) is 0.734. The van der Waals surface area contributed by atoms with Crippen molar-refractivity contribution in [1.29, 1.82) is 0 Å². The Balaban J connectivity index is 1.98. The fourth-order valence-electron chi connectivity index (χ4n) is 3.28. The van der Waals surface area contributed by atoms with Gasteiger partial charge in [0.05, 0.1) is 19.1 Å². The summed E-state index contributed by atoms with van der Waals surface area (Å²) in [5.41, 5.74) is -0.00182. The van der Waals surface area contributed by atoms with E-state index in [4.69, 9.17) is 4.55 Å². The summed E-state index contributed by atoms with van der Waals surface area (Å²) in [4.78, 5) is 27.7. The van der Waals surface area contributed by atoms with Crippen LogP contribution in [0.5, 0.6) is 0 Å². The van der Waals surface area contributed by atoms with Crippen LogP contribution in [0, 0.1) is 0 Å². The number of hydrogen-bond acceptors (Lipinski definition) is 6. The maximum atomic E-state index is 12.6. The highest BCUT2D eigenvalue weighted by molar-refractivity contribution is 7.80. The smallest absolute Gasteiger partial charge is 0.418 e. The van der Waals surface area contributed by atoms with E-state index >= 15 is 0 Å². The summed E-state index contributed by atoms with van der Waals surface area (Å²) in [6.07, 6.45) is -1.12. The lowest BCUT2D eigenvalue weighted by Crippen LogP contribution is -2.50. The number of hydrogen-bond donors (Lipinski definition) is 2. The fraction of sp³-hybridized carbons (Fsp3) is 0.571. The van der Waals surface area contributed by atoms with Gasteiger partial charge in [-0.25, -0.2) is 9.59 Å². The number of carbonyl (C=O) groups is 2. The number of rotatable bonds is 4. The number of nitrogens with zero attached hydrogens (tertiary/aromatic N) is 3. The number of carboxylic acid groups (broad SMARTS) is 1.